The van der Waals surface area contributed by atoms with Gasteiger partial charge in [-0.3, -0.25) is 43.3 Å². The topological polar surface area (TPSA) is 429 Å². The lowest BCUT2D eigenvalue weighted by atomic mass is 9.96. The maximum Gasteiger partial charge on any atom is 0.326 e. The number of nitrogens with two attached hydrogens (primary N) is 4. The van der Waals surface area contributed by atoms with Crippen LogP contribution in [0.2, 0.25) is 0 Å². The number of rotatable bonds is 28. The van der Waals surface area contributed by atoms with Crippen LogP contribution in [0.4, 0.5) is 0 Å². The molecule has 4 rings (SSSR count). The molecule has 0 unspecified atom stereocenters. The van der Waals surface area contributed by atoms with E-state index in [1.165, 1.54) is 29.2 Å². The molecule has 8 amide bonds. The molecular formula is C46H77N15O12. The van der Waals surface area contributed by atoms with Crippen LogP contribution in [0.1, 0.15) is 104 Å². The van der Waals surface area contributed by atoms with Crippen molar-refractivity contribution in [3.8, 4) is 0 Å². The number of aliphatic hydroxyl groups is 2. The van der Waals surface area contributed by atoms with Gasteiger partial charge < -0.3 is 84.5 Å². The van der Waals surface area contributed by atoms with Crippen LogP contribution in [0.3, 0.4) is 0 Å². The van der Waals surface area contributed by atoms with Gasteiger partial charge >= 0.3 is 5.97 Å². The molecule has 0 aliphatic carbocycles. The maximum atomic E-state index is 14.3. The molecule has 3 aliphatic heterocycles. The highest BCUT2D eigenvalue weighted by Crippen LogP contribution is 2.24. The number of aliphatic hydroxyl groups excluding tert-OH is 2. The molecule has 11 atom stereocenters. The molecule has 4 heterocycles. The standard InChI is InChI=1S/C46H77N15O12/c1-4-25(2)35(43(70)60-19-9-14-33(60)41(68)58-36(26(3)63)44(71)61-20-10-15-34(61)45(72)73)57-39(66)31(23-62)56-38(65)30(21-27-22-51-24-53-27)55-40(67)32-13-8-18-59(32)42(69)29(12-7-17-52-46(49)50)54-37(64)28(48)11-5-6-16-47/h22,24-26,28-36,62-63H,4-21,23,47-48H2,1-3H3,(H,51,53)(H,54,64)(H,55,67)(H,56,65)(H,57,66)(H,58,68)(H,72,73)(H4,49,50,52)/t25-,26+,28-,29-,30-,31-,32-,33-,34-,35-,36-/m0/s1. The number of aliphatic carboxylic acids is 1. The molecule has 1 aromatic rings. The molecule has 1 aromatic heterocycles. The van der Waals surface area contributed by atoms with Crippen LogP contribution in [-0.2, 0) is 49.6 Å². The van der Waals surface area contributed by atoms with E-state index in [1.807, 2.05) is 0 Å². The number of likely N-dealkylation sites (tertiary alicyclic amines) is 3. The van der Waals surface area contributed by atoms with Crippen molar-refractivity contribution >= 4 is 59.2 Å². The molecule has 0 radical (unpaired) electrons. The Labute approximate surface area is 424 Å². The quantitative estimate of drug-likeness (QED) is 0.0213. The number of aromatic nitrogens is 2. The zero-order valence-electron chi connectivity index (χ0n) is 42.0. The number of aliphatic imine (C=N–C) groups is 1. The van der Waals surface area contributed by atoms with Crippen LogP contribution in [0.15, 0.2) is 17.5 Å². The predicted octanol–water partition coefficient (Wildman–Crippen LogP) is -4.64. The normalized spacial score (nSPS) is 20.9. The van der Waals surface area contributed by atoms with Crippen LogP contribution in [-0.4, -0.2) is 199 Å². The monoisotopic (exact) mass is 1030 g/mol. The lowest BCUT2D eigenvalue weighted by molar-refractivity contribution is -0.151. The SMILES string of the molecule is CC[C@H](C)[C@H](NC(=O)[C@H](CO)NC(=O)[C@H](Cc1cnc[nH]1)NC(=O)[C@@H]1CCCN1C(=O)[C@H](CCCN=C(N)N)NC(=O)[C@@H](N)CCCCN)C(=O)N1CCC[C@H]1C(=O)N[C@H](C(=O)N1CCC[C@H]1C(=O)O)[C@@H](C)O. The van der Waals surface area contributed by atoms with E-state index in [2.05, 4.69) is 41.5 Å². The second kappa shape index (κ2) is 28.7. The van der Waals surface area contributed by atoms with Gasteiger partial charge in [-0.05, 0) is 83.6 Å². The molecule has 3 saturated heterocycles. The second-order valence-electron chi connectivity index (χ2n) is 19.0. The highest BCUT2D eigenvalue weighted by atomic mass is 16.4. The van der Waals surface area contributed by atoms with E-state index in [-0.39, 0.29) is 64.2 Å². The van der Waals surface area contributed by atoms with Gasteiger partial charge in [0.15, 0.2) is 5.96 Å². The second-order valence-corrected chi connectivity index (χ2v) is 19.0. The van der Waals surface area contributed by atoms with Gasteiger partial charge in [0.05, 0.1) is 25.1 Å². The highest BCUT2D eigenvalue weighted by molar-refractivity contribution is 5.98. The number of carbonyl (C=O) groups excluding carboxylic acids is 8. The van der Waals surface area contributed by atoms with Crippen molar-refractivity contribution in [2.75, 3.05) is 39.3 Å². The average molecular weight is 1030 g/mol. The minimum Gasteiger partial charge on any atom is -0.480 e. The van der Waals surface area contributed by atoms with Crippen LogP contribution in [0, 0.1) is 5.92 Å². The van der Waals surface area contributed by atoms with E-state index in [4.69, 9.17) is 22.9 Å². The van der Waals surface area contributed by atoms with E-state index in [1.54, 1.807) is 13.8 Å². The summed E-state index contributed by atoms with van der Waals surface area (Å²) in [5, 5.41) is 43.8. The number of imidazole rings is 1. The predicted molar refractivity (Wildman–Crippen MR) is 263 cm³/mol. The minimum atomic E-state index is -1.65. The first-order valence-electron chi connectivity index (χ1n) is 25.2. The number of carboxylic acid groups (broad SMARTS) is 1. The molecule has 0 spiro atoms. The molecule has 0 aromatic carbocycles. The number of hydrogen-bond donors (Lipinski definition) is 13. The van der Waals surface area contributed by atoms with Crippen molar-refractivity contribution in [3.05, 3.63) is 18.2 Å². The summed E-state index contributed by atoms with van der Waals surface area (Å²) in [6, 6.07) is -11.2. The zero-order valence-corrected chi connectivity index (χ0v) is 42.0. The van der Waals surface area contributed by atoms with Crippen molar-refractivity contribution in [1.29, 1.82) is 0 Å². The molecule has 27 nitrogen and oxygen atoms in total. The number of aromatic amines is 1. The van der Waals surface area contributed by atoms with Gasteiger partial charge in [0.25, 0.3) is 0 Å². The van der Waals surface area contributed by atoms with E-state index in [9.17, 15) is 58.5 Å². The van der Waals surface area contributed by atoms with Crippen molar-refractivity contribution in [2.45, 2.75) is 165 Å². The van der Waals surface area contributed by atoms with E-state index >= 15 is 0 Å². The number of unbranched alkanes of at least 4 members (excludes halogenated alkanes) is 1. The third-order valence-corrected chi connectivity index (χ3v) is 13.6. The Morgan fingerprint density at radius 2 is 1.30 bits per heavy atom. The molecular weight excluding hydrogens is 955 g/mol. The van der Waals surface area contributed by atoms with E-state index in [0.717, 1.165) is 4.90 Å². The lowest BCUT2D eigenvalue weighted by Crippen LogP contribution is -2.62. The van der Waals surface area contributed by atoms with Crippen molar-refractivity contribution < 1.29 is 58.5 Å². The Kier molecular flexibility index (Phi) is 23.2. The summed E-state index contributed by atoms with van der Waals surface area (Å²) < 4.78 is 0. The molecule has 0 saturated carbocycles. The molecule has 17 N–H and O–H groups in total. The average Bonchev–Trinajstić information content (AvgIpc) is 4.22. The molecule has 27 heteroatoms. The highest BCUT2D eigenvalue weighted by Gasteiger charge is 2.44. The van der Waals surface area contributed by atoms with Gasteiger partial charge in [-0.15, -0.1) is 0 Å². The summed E-state index contributed by atoms with van der Waals surface area (Å²) in [7, 11) is 0. The van der Waals surface area contributed by atoms with E-state index < -0.39 is 126 Å². The fraction of sp³-hybridized carbons (Fsp3) is 0.717. The summed E-state index contributed by atoms with van der Waals surface area (Å²) in [4.78, 5) is 138. The molecule has 408 valence electrons. The first-order valence-corrected chi connectivity index (χ1v) is 25.2. The fourth-order valence-corrected chi connectivity index (χ4v) is 9.27. The number of H-pyrrole nitrogens is 1. The number of carboxylic acids is 1. The lowest BCUT2D eigenvalue weighted by Gasteiger charge is -2.34. The number of carbonyl (C=O) groups is 9. The summed E-state index contributed by atoms with van der Waals surface area (Å²) in [6.45, 7) is 4.75. The third-order valence-electron chi connectivity index (χ3n) is 13.6. The van der Waals surface area contributed by atoms with Gasteiger partial charge in [-0.1, -0.05) is 26.7 Å². The summed E-state index contributed by atoms with van der Waals surface area (Å²) in [5.74, 6) is -7.80. The Balaban J connectivity index is 1.48. The van der Waals surface area contributed by atoms with Crippen molar-refractivity contribution in [1.82, 2.24) is 51.3 Å². The molecule has 0 bridgehead atoms. The number of nitrogens with zero attached hydrogens (tertiary/aromatic N) is 5. The Bertz CT molecular complexity index is 2090. The van der Waals surface area contributed by atoms with Crippen LogP contribution >= 0.6 is 0 Å². The minimum absolute atomic E-state index is 0.0951. The zero-order chi connectivity index (χ0) is 53.9. The number of hydrogen-bond acceptors (Lipinski definition) is 15. The maximum absolute atomic E-state index is 14.3. The Hall–Kier alpha value is -6.45. The smallest absolute Gasteiger partial charge is 0.326 e. The summed E-state index contributed by atoms with van der Waals surface area (Å²) >= 11 is 0. The van der Waals surface area contributed by atoms with Gasteiger partial charge in [0, 0.05) is 44.5 Å². The van der Waals surface area contributed by atoms with Gasteiger partial charge in [-0.2, -0.15) is 0 Å². The third kappa shape index (κ3) is 16.5. The van der Waals surface area contributed by atoms with Crippen molar-refractivity contribution in [3.63, 3.8) is 0 Å². The van der Waals surface area contributed by atoms with Gasteiger partial charge in [0.1, 0.15) is 48.3 Å². The van der Waals surface area contributed by atoms with Gasteiger partial charge in [0.2, 0.25) is 47.3 Å². The Morgan fingerprint density at radius 1 is 0.740 bits per heavy atom. The molecule has 73 heavy (non-hydrogen) atoms. The van der Waals surface area contributed by atoms with Gasteiger partial charge in [-0.25, -0.2) is 9.78 Å². The van der Waals surface area contributed by atoms with Crippen LogP contribution in [0.5, 0.6) is 0 Å². The van der Waals surface area contributed by atoms with Crippen LogP contribution < -0.4 is 49.5 Å². The first kappa shape index (κ1) is 59.1. The van der Waals surface area contributed by atoms with E-state index in [0.29, 0.717) is 63.6 Å². The number of nitrogens with one attached hydrogen (secondary N) is 6. The molecule has 3 fully saturated rings. The molecule has 3 aliphatic rings. The fourth-order valence-electron chi connectivity index (χ4n) is 9.27. The summed E-state index contributed by atoms with van der Waals surface area (Å²) in [6.07, 6.45) is 5.35. The Morgan fingerprint density at radius 3 is 1.85 bits per heavy atom. The number of amides is 8. The number of guanidine groups is 1. The van der Waals surface area contributed by atoms with Crippen LogP contribution in [0.25, 0.3) is 0 Å². The first-order chi connectivity index (χ1) is 34.7. The summed E-state index contributed by atoms with van der Waals surface area (Å²) in [5.41, 5.74) is 23.1. The largest absolute Gasteiger partial charge is 0.480 e. The van der Waals surface area contributed by atoms with Crippen molar-refractivity contribution in [2.24, 2.45) is 33.8 Å².